The molecule has 1 aliphatic rings. The maximum Gasteiger partial charge on any atom is 0.273 e. The zero-order chi connectivity index (χ0) is 11.7. The van der Waals surface area contributed by atoms with Crippen LogP contribution >= 0.6 is 23.2 Å². The van der Waals surface area contributed by atoms with Crippen LogP contribution in [0.5, 0.6) is 0 Å². The fraction of sp³-hybridized carbons (Fsp3) is 0.100. The van der Waals surface area contributed by atoms with E-state index in [4.69, 9.17) is 23.2 Å². The number of anilines is 1. The van der Waals surface area contributed by atoms with E-state index in [2.05, 4.69) is 5.10 Å². The Morgan fingerprint density at radius 1 is 1.31 bits per heavy atom. The second kappa shape index (κ2) is 4.23. The molecule has 0 radical (unpaired) electrons. The van der Waals surface area contributed by atoms with Crippen molar-refractivity contribution in [1.82, 2.24) is 0 Å². The summed E-state index contributed by atoms with van der Waals surface area (Å²) in [7, 11) is 0. The molecular weight excluding hydrogens is 251 g/mol. The molecule has 1 atom stereocenters. The summed E-state index contributed by atoms with van der Waals surface area (Å²) < 4.78 is 0. The van der Waals surface area contributed by atoms with E-state index in [0.717, 1.165) is 11.2 Å². The minimum atomic E-state index is -1.21. The first-order valence-corrected chi connectivity index (χ1v) is 5.22. The number of alkyl halides is 1. The third kappa shape index (κ3) is 1.94. The number of nitrogens with zero attached hydrogens (tertiary/aromatic N) is 2. The van der Waals surface area contributed by atoms with Gasteiger partial charge >= 0.3 is 0 Å². The highest BCUT2D eigenvalue weighted by Gasteiger charge is 2.32. The van der Waals surface area contributed by atoms with E-state index in [9.17, 15) is 9.59 Å². The zero-order valence-electron chi connectivity index (χ0n) is 7.93. The second-order valence-electron chi connectivity index (χ2n) is 3.14. The molecule has 1 aromatic rings. The second-order valence-corrected chi connectivity index (χ2v) is 4.01. The van der Waals surface area contributed by atoms with Crippen molar-refractivity contribution in [3.63, 3.8) is 0 Å². The van der Waals surface area contributed by atoms with E-state index in [-0.39, 0.29) is 0 Å². The van der Waals surface area contributed by atoms with Gasteiger partial charge in [-0.05, 0) is 18.2 Å². The Labute approximate surface area is 101 Å². The molecule has 1 aliphatic heterocycles. The SMILES string of the molecule is O=C1C=NN(c2cccc(Cl)c2)C(=O)C1Cl. The van der Waals surface area contributed by atoms with Crippen molar-refractivity contribution in [2.45, 2.75) is 5.38 Å². The number of halogens is 2. The van der Waals surface area contributed by atoms with E-state index >= 15 is 0 Å². The van der Waals surface area contributed by atoms with Crippen molar-refractivity contribution < 1.29 is 9.59 Å². The molecule has 82 valence electrons. The summed E-state index contributed by atoms with van der Waals surface area (Å²) in [4.78, 5) is 22.8. The molecule has 1 amide bonds. The number of ketones is 1. The van der Waals surface area contributed by atoms with E-state index in [1.807, 2.05) is 0 Å². The van der Waals surface area contributed by atoms with Crippen LogP contribution in [0, 0.1) is 0 Å². The van der Waals surface area contributed by atoms with Crippen molar-refractivity contribution in [2.24, 2.45) is 5.10 Å². The monoisotopic (exact) mass is 256 g/mol. The van der Waals surface area contributed by atoms with Gasteiger partial charge in [0.1, 0.15) is 0 Å². The molecule has 16 heavy (non-hydrogen) atoms. The van der Waals surface area contributed by atoms with E-state index in [1.165, 1.54) is 0 Å². The summed E-state index contributed by atoms with van der Waals surface area (Å²) in [5.74, 6) is -1.08. The van der Waals surface area contributed by atoms with Crippen LogP contribution < -0.4 is 5.01 Å². The Balaban J connectivity index is 2.39. The number of amides is 1. The maximum atomic E-state index is 11.7. The van der Waals surface area contributed by atoms with Crippen LogP contribution in [0.3, 0.4) is 0 Å². The van der Waals surface area contributed by atoms with Crippen molar-refractivity contribution in [2.75, 3.05) is 5.01 Å². The number of hydrazone groups is 1. The highest BCUT2D eigenvalue weighted by atomic mass is 35.5. The number of benzene rings is 1. The van der Waals surface area contributed by atoms with Gasteiger partial charge in [-0.25, -0.2) is 0 Å². The van der Waals surface area contributed by atoms with E-state index in [0.29, 0.717) is 10.7 Å². The molecule has 0 aliphatic carbocycles. The smallest absolute Gasteiger partial charge is 0.273 e. The van der Waals surface area contributed by atoms with Gasteiger partial charge in [0.05, 0.1) is 11.9 Å². The van der Waals surface area contributed by atoms with Crippen molar-refractivity contribution in [3.05, 3.63) is 29.3 Å². The molecule has 1 aromatic carbocycles. The van der Waals surface area contributed by atoms with Gasteiger partial charge in [0.25, 0.3) is 5.91 Å². The molecule has 2 rings (SSSR count). The number of carbonyl (C=O) groups is 2. The lowest BCUT2D eigenvalue weighted by molar-refractivity contribution is -0.123. The molecule has 0 saturated carbocycles. The molecule has 0 aromatic heterocycles. The third-order valence-corrected chi connectivity index (χ3v) is 2.67. The summed E-state index contributed by atoms with van der Waals surface area (Å²) in [6.07, 6.45) is 1.03. The summed E-state index contributed by atoms with van der Waals surface area (Å²) in [6, 6.07) is 6.57. The van der Waals surface area contributed by atoms with Crippen LogP contribution in [0.4, 0.5) is 5.69 Å². The van der Waals surface area contributed by atoms with Gasteiger partial charge in [-0.1, -0.05) is 17.7 Å². The minimum Gasteiger partial charge on any atom is -0.291 e. The first-order chi connectivity index (χ1) is 7.59. The van der Waals surface area contributed by atoms with Crippen LogP contribution in [0.1, 0.15) is 0 Å². The summed E-state index contributed by atoms with van der Waals surface area (Å²) in [5, 5.41) is 4.04. The highest BCUT2D eigenvalue weighted by Crippen LogP contribution is 2.22. The lowest BCUT2D eigenvalue weighted by atomic mass is 10.2. The average molecular weight is 257 g/mol. The summed E-state index contributed by atoms with van der Waals surface area (Å²) in [5.41, 5.74) is 0.479. The molecule has 1 heterocycles. The van der Waals surface area contributed by atoms with Crippen molar-refractivity contribution in [3.8, 4) is 0 Å². The van der Waals surface area contributed by atoms with Crippen molar-refractivity contribution >= 4 is 46.8 Å². The normalized spacial score (nSPS) is 20.4. The standard InChI is InChI=1S/C10H6Cl2N2O2/c11-6-2-1-3-7(4-6)14-10(16)9(12)8(15)5-13-14/h1-5,9H. The highest BCUT2D eigenvalue weighted by molar-refractivity contribution is 6.54. The Morgan fingerprint density at radius 2 is 2.06 bits per heavy atom. The number of hydrogen-bond donors (Lipinski definition) is 0. The molecule has 4 nitrogen and oxygen atoms in total. The molecule has 0 bridgehead atoms. The molecule has 0 saturated heterocycles. The summed E-state index contributed by atoms with van der Waals surface area (Å²) in [6.45, 7) is 0. The van der Waals surface area contributed by atoms with Gasteiger partial charge in [-0.3, -0.25) is 9.59 Å². The van der Waals surface area contributed by atoms with Crippen LogP contribution in [0.2, 0.25) is 5.02 Å². The Bertz CT molecular complexity index is 487. The predicted molar refractivity (Wildman–Crippen MR) is 62.1 cm³/mol. The number of Topliss-reactive ketones (excluding diaryl/α,β-unsaturated/α-hetero) is 1. The van der Waals surface area contributed by atoms with Crippen LogP contribution in [-0.4, -0.2) is 23.3 Å². The molecular formula is C10H6Cl2N2O2. The first-order valence-electron chi connectivity index (χ1n) is 4.41. The average Bonchev–Trinajstić information content (AvgIpc) is 2.26. The van der Waals surface area contributed by atoms with Crippen molar-refractivity contribution in [1.29, 1.82) is 0 Å². The number of rotatable bonds is 1. The molecule has 0 spiro atoms. The molecule has 6 heteroatoms. The minimum absolute atomic E-state index is 0.475. The molecule has 0 N–H and O–H groups in total. The Hall–Kier alpha value is -1.39. The van der Waals surface area contributed by atoms with Gasteiger partial charge in [-0.15, -0.1) is 11.6 Å². The fourth-order valence-corrected chi connectivity index (χ4v) is 1.60. The zero-order valence-corrected chi connectivity index (χ0v) is 9.44. The molecule has 0 fully saturated rings. The topological polar surface area (TPSA) is 49.7 Å². The van der Waals surface area contributed by atoms with Crippen LogP contribution in [0.25, 0.3) is 0 Å². The Morgan fingerprint density at radius 3 is 2.75 bits per heavy atom. The van der Waals surface area contributed by atoms with Gasteiger partial charge in [0.15, 0.2) is 5.38 Å². The lowest BCUT2D eigenvalue weighted by Gasteiger charge is -2.22. The van der Waals surface area contributed by atoms with Crippen LogP contribution in [0.15, 0.2) is 29.4 Å². The van der Waals surface area contributed by atoms with E-state index in [1.54, 1.807) is 24.3 Å². The predicted octanol–water partition coefficient (Wildman–Crippen LogP) is 1.85. The maximum absolute atomic E-state index is 11.7. The number of carbonyl (C=O) groups excluding carboxylic acids is 2. The van der Waals surface area contributed by atoms with Gasteiger partial charge < -0.3 is 0 Å². The largest absolute Gasteiger partial charge is 0.291 e. The summed E-state index contributed by atoms with van der Waals surface area (Å²) >= 11 is 11.4. The van der Waals surface area contributed by atoms with E-state index < -0.39 is 17.1 Å². The Kier molecular flexibility index (Phi) is 2.94. The van der Waals surface area contributed by atoms with Crippen LogP contribution in [-0.2, 0) is 9.59 Å². The number of hydrogen-bond acceptors (Lipinski definition) is 3. The van der Waals surface area contributed by atoms with Gasteiger partial charge in [-0.2, -0.15) is 10.1 Å². The fourth-order valence-electron chi connectivity index (χ4n) is 1.27. The first kappa shape index (κ1) is 11.1. The molecule has 1 unspecified atom stereocenters. The third-order valence-electron chi connectivity index (χ3n) is 2.03. The quantitative estimate of drug-likeness (QED) is 0.569. The van der Waals surface area contributed by atoms with Gasteiger partial charge in [0.2, 0.25) is 5.78 Å². The van der Waals surface area contributed by atoms with Gasteiger partial charge in [0, 0.05) is 5.02 Å². The lowest BCUT2D eigenvalue weighted by Crippen LogP contribution is -2.42.